The molecule has 0 aliphatic heterocycles. The topological polar surface area (TPSA) is 74.7 Å². The molecule has 2 aromatic rings. The van der Waals surface area contributed by atoms with E-state index in [1.807, 2.05) is 24.3 Å². The number of benzene rings is 1. The van der Waals surface area contributed by atoms with Crippen molar-refractivity contribution < 1.29 is 23.8 Å². The molecular weight excluding hydrogens is 370 g/mol. The molecule has 1 aromatic carbocycles. The first-order valence-corrected chi connectivity index (χ1v) is 9.85. The Morgan fingerprint density at radius 3 is 1.90 bits per heavy atom. The van der Waals surface area contributed by atoms with Gasteiger partial charge in [-0.05, 0) is 38.0 Å². The molecule has 0 aliphatic rings. The van der Waals surface area contributed by atoms with Crippen LogP contribution in [0.15, 0.2) is 24.3 Å². The van der Waals surface area contributed by atoms with E-state index in [-0.39, 0.29) is 11.1 Å². The van der Waals surface area contributed by atoms with Crippen molar-refractivity contribution in [3.05, 3.63) is 46.8 Å². The van der Waals surface area contributed by atoms with Gasteiger partial charge in [-0.2, -0.15) is 0 Å². The Hall–Kier alpha value is -2.89. The van der Waals surface area contributed by atoms with E-state index in [9.17, 15) is 9.59 Å². The lowest BCUT2D eigenvalue weighted by Gasteiger charge is -2.17. The van der Waals surface area contributed by atoms with Gasteiger partial charge in [0.05, 0.1) is 43.3 Å². The number of aryl methyl sites for hydroxylation is 2. The summed E-state index contributed by atoms with van der Waals surface area (Å²) in [6.45, 7) is 6.27. The molecule has 0 unspecified atom stereocenters. The highest BCUT2D eigenvalue weighted by atomic mass is 16.5. The van der Waals surface area contributed by atoms with Gasteiger partial charge in [0, 0.05) is 5.56 Å². The third kappa shape index (κ3) is 5.34. The number of nitrogens with zero attached hydrogens (tertiary/aromatic N) is 1. The standard InChI is InChI=1S/C23H29NO5/c1-6-7-8-9-14-29-18-12-10-17(11-13-18)21-19(22(25)27-4)15(2)24-16(3)20(21)23(26)28-5/h10-13H,6-9,14H2,1-5H3. The Kier molecular flexibility index (Phi) is 8.19. The van der Waals surface area contributed by atoms with Crippen LogP contribution < -0.4 is 4.74 Å². The lowest BCUT2D eigenvalue weighted by molar-refractivity contribution is 0.0599. The fourth-order valence-corrected chi connectivity index (χ4v) is 3.28. The minimum Gasteiger partial charge on any atom is -0.494 e. The first kappa shape index (κ1) is 22.4. The van der Waals surface area contributed by atoms with Gasteiger partial charge < -0.3 is 14.2 Å². The lowest BCUT2D eigenvalue weighted by atomic mass is 9.92. The molecule has 0 aliphatic carbocycles. The van der Waals surface area contributed by atoms with E-state index in [0.717, 1.165) is 18.6 Å². The number of ether oxygens (including phenoxy) is 3. The van der Waals surface area contributed by atoms with Gasteiger partial charge in [0.25, 0.3) is 0 Å². The highest BCUT2D eigenvalue weighted by molar-refractivity contribution is 6.07. The third-order valence-corrected chi connectivity index (χ3v) is 4.75. The van der Waals surface area contributed by atoms with Crippen molar-refractivity contribution in [2.45, 2.75) is 46.5 Å². The predicted molar refractivity (Wildman–Crippen MR) is 111 cm³/mol. The predicted octanol–water partition coefficient (Wildman–Crippen LogP) is 4.90. The molecule has 0 amide bonds. The Balaban J connectivity index is 2.44. The van der Waals surface area contributed by atoms with Crippen LogP contribution in [0.2, 0.25) is 0 Å². The van der Waals surface area contributed by atoms with Crippen molar-refractivity contribution in [1.82, 2.24) is 4.98 Å². The number of hydrogen-bond acceptors (Lipinski definition) is 6. The summed E-state index contributed by atoms with van der Waals surface area (Å²) in [5, 5.41) is 0. The first-order chi connectivity index (χ1) is 13.9. The van der Waals surface area contributed by atoms with Gasteiger partial charge in [-0.15, -0.1) is 0 Å². The number of unbranched alkanes of at least 4 members (excludes halogenated alkanes) is 3. The van der Waals surface area contributed by atoms with Crippen LogP contribution in [0.5, 0.6) is 5.75 Å². The van der Waals surface area contributed by atoms with Crippen LogP contribution in [0.3, 0.4) is 0 Å². The molecule has 29 heavy (non-hydrogen) atoms. The second-order valence-electron chi connectivity index (χ2n) is 6.82. The van der Waals surface area contributed by atoms with E-state index >= 15 is 0 Å². The zero-order chi connectivity index (χ0) is 21.4. The molecule has 6 nitrogen and oxygen atoms in total. The second-order valence-corrected chi connectivity index (χ2v) is 6.82. The van der Waals surface area contributed by atoms with Crippen LogP contribution in [0.1, 0.15) is 64.7 Å². The number of esters is 2. The molecule has 2 rings (SSSR count). The van der Waals surface area contributed by atoms with Gasteiger partial charge in [-0.3, -0.25) is 4.98 Å². The van der Waals surface area contributed by atoms with E-state index in [1.165, 1.54) is 27.1 Å². The van der Waals surface area contributed by atoms with Crippen molar-refractivity contribution in [3.8, 4) is 16.9 Å². The van der Waals surface area contributed by atoms with Gasteiger partial charge in [0.1, 0.15) is 5.75 Å². The third-order valence-electron chi connectivity index (χ3n) is 4.75. The number of methoxy groups -OCH3 is 2. The van der Waals surface area contributed by atoms with Crippen LogP contribution in [0.25, 0.3) is 11.1 Å². The van der Waals surface area contributed by atoms with Gasteiger partial charge in [-0.25, -0.2) is 9.59 Å². The fraction of sp³-hybridized carbons (Fsp3) is 0.435. The summed E-state index contributed by atoms with van der Waals surface area (Å²) < 4.78 is 15.7. The molecule has 0 spiro atoms. The fourth-order valence-electron chi connectivity index (χ4n) is 3.28. The summed E-state index contributed by atoms with van der Waals surface area (Å²) in [6.07, 6.45) is 4.55. The summed E-state index contributed by atoms with van der Waals surface area (Å²) >= 11 is 0. The van der Waals surface area contributed by atoms with Gasteiger partial charge in [0.2, 0.25) is 0 Å². The SMILES string of the molecule is CCCCCCOc1ccc(-c2c(C(=O)OC)c(C)nc(C)c2C(=O)OC)cc1. The molecule has 6 heteroatoms. The molecule has 0 fully saturated rings. The number of carbonyl (C=O) groups excluding carboxylic acids is 2. The van der Waals surface area contributed by atoms with Crippen LogP contribution in [0, 0.1) is 13.8 Å². The number of hydrogen-bond donors (Lipinski definition) is 0. The highest BCUT2D eigenvalue weighted by Gasteiger charge is 2.27. The molecule has 0 saturated heterocycles. The summed E-state index contributed by atoms with van der Waals surface area (Å²) in [6, 6.07) is 7.33. The van der Waals surface area contributed by atoms with E-state index in [2.05, 4.69) is 11.9 Å². The minimum absolute atomic E-state index is 0.256. The van der Waals surface area contributed by atoms with Crippen LogP contribution in [-0.4, -0.2) is 37.7 Å². The molecule has 1 heterocycles. The smallest absolute Gasteiger partial charge is 0.340 e. The first-order valence-electron chi connectivity index (χ1n) is 9.85. The quantitative estimate of drug-likeness (QED) is 0.441. The molecule has 1 aromatic heterocycles. The van der Waals surface area contributed by atoms with Gasteiger partial charge >= 0.3 is 11.9 Å². The average molecular weight is 399 g/mol. The molecule has 0 radical (unpaired) electrons. The maximum Gasteiger partial charge on any atom is 0.340 e. The van der Waals surface area contributed by atoms with E-state index < -0.39 is 11.9 Å². The van der Waals surface area contributed by atoms with Crippen molar-refractivity contribution >= 4 is 11.9 Å². The Morgan fingerprint density at radius 1 is 0.862 bits per heavy atom. The summed E-state index contributed by atoms with van der Waals surface area (Å²) in [5.74, 6) is -0.357. The molecule has 0 saturated carbocycles. The zero-order valence-corrected chi connectivity index (χ0v) is 17.8. The van der Waals surface area contributed by atoms with E-state index in [0.29, 0.717) is 29.1 Å². The van der Waals surface area contributed by atoms with E-state index in [4.69, 9.17) is 14.2 Å². The summed E-state index contributed by atoms with van der Waals surface area (Å²) in [4.78, 5) is 29.3. The molecule has 156 valence electrons. The van der Waals surface area contributed by atoms with Crippen molar-refractivity contribution in [3.63, 3.8) is 0 Å². The van der Waals surface area contributed by atoms with Crippen LogP contribution in [-0.2, 0) is 9.47 Å². The Labute approximate surface area is 172 Å². The number of pyridine rings is 1. The normalized spacial score (nSPS) is 10.5. The number of rotatable bonds is 9. The van der Waals surface area contributed by atoms with Crippen LogP contribution in [0.4, 0.5) is 0 Å². The van der Waals surface area contributed by atoms with E-state index in [1.54, 1.807) is 13.8 Å². The monoisotopic (exact) mass is 399 g/mol. The van der Waals surface area contributed by atoms with Crippen molar-refractivity contribution in [1.29, 1.82) is 0 Å². The number of carbonyl (C=O) groups is 2. The summed E-state index contributed by atoms with van der Waals surface area (Å²) in [5.41, 5.74) is 2.65. The number of aromatic nitrogens is 1. The Bertz CT molecular complexity index is 818. The highest BCUT2D eigenvalue weighted by Crippen LogP contribution is 2.33. The van der Waals surface area contributed by atoms with Gasteiger partial charge in [-0.1, -0.05) is 38.3 Å². The largest absolute Gasteiger partial charge is 0.494 e. The van der Waals surface area contributed by atoms with Gasteiger partial charge in [0.15, 0.2) is 0 Å². The average Bonchev–Trinajstić information content (AvgIpc) is 2.72. The molecule has 0 atom stereocenters. The molecule has 0 N–H and O–H groups in total. The Morgan fingerprint density at radius 2 is 1.41 bits per heavy atom. The summed E-state index contributed by atoms with van der Waals surface area (Å²) in [7, 11) is 2.61. The lowest BCUT2D eigenvalue weighted by Crippen LogP contribution is -2.16. The van der Waals surface area contributed by atoms with Crippen molar-refractivity contribution in [2.75, 3.05) is 20.8 Å². The molecule has 0 bridgehead atoms. The maximum atomic E-state index is 12.5. The zero-order valence-electron chi connectivity index (χ0n) is 17.8. The molecular formula is C23H29NO5. The minimum atomic E-state index is -0.550. The maximum absolute atomic E-state index is 12.5. The second kappa shape index (κ2) is 10.6. The van der Waals surface area contributed by atoms with Crippen LogP contribution >= 0.6 is 0 Å². The van der Waals surface area contributed by atoms with Crippen molar-refractivity contribution in [2.24, 2.45) is 0 Å².